The van der Waals surface area contributed by atoms with Crippen molar-refractivity contribution in [3.05, 3.63) is 0 Å². The Hall–Kier alpha value is -0.610. The van der Waals surface area contributed by atoms with Crippen LogP contribution < -0.4 is 5.73 Å². The van der Waals surface area contributed by atoms with E-state index in [4.69, 9.17) is 15.2 Å². The van der Waals surface area contributed by atoms with Crippen molar-refractivity contribution in [1.82, 2.24) is 0 Å². The van der Waals surface area contributed by atoms with Gasteiger partial charge in [0.25, 0.3) is 0 Å². The van der Waals surface area contributed by atoms with Crippen LogP contribution in [-0.2, 0) is 14.3 Å². The van der Waals surface area contributed by atoms with E-state index in [1.165, 1.54) is 6.42 Å². The number of carbonyl (C=O) groups excluding carboxylic acids is 1. The first kappa shape index (κ1) is 14.8. The summed E-state index contributed by atoms with van der Waals surface area (Å²) in [6.45, 7) is 7.83. The monoisotopic (exact) mass is 269 g/mol. The maximum Gasteiger partial charge on any atom is 0.326 e. The van der Waals surface area contributed by atoms with Crippen molar-refractivity contribution in [1.29, 1.82) is 0 Å². The fraction of sp³-hybridized carbons (Fsp3) is 0.933. The van der Waals surface area contributed by atoms with E-state index in [-0.39, 0.29) is 17.5 Å². The van der Waals surface area contributed by atoms with Gasteiger partial charge in [-0.1, -0.05) is 20.8 Å². The summed E-state index contributed by atoms with van der Waals surface area (Å²) in [5.74, 6) is 0.371. The van der Waals surface area contributed by atoms with E-state index >= 15 is 0 Å². The summed E-state index contributed by atoms with van der Waals surface area (Å²) in [5, 5.41) is 0. The molecule has 0 spiro atoms. The summed E-state index contributed by atoms with van der Waals surface area (Å²) in [6, 6.07) is 0. The van der Waals surface area contributed by atoms with Gasteiger partial charge in [-0.25, -0.2) is 0 Å². The lowest BCUT2D eigenvalue weighted by atomic mass is 9.71. The van der Waals surface area contributed by atoms with E-state index in [1.807, 2.05) is 0 Å². The molecule has 0 aromatic heterocycles. The van der Waals surface area contributed by atoms with E-state index in [2.05, 4.69) is 20.8 Å². The summed E-state index contributed by atoms with van der Waals surface area (Å²) in [4.78, 5) is 12.3. The SMILES string of the molecule is CC1CC(OC(=O)C2(N)CCOCC2)CC(C)(C)C1. The number of hydrogen-bond donors (Lipinski definition) is 1. The average molecular weight is 269 g/mol. The molecule has 2 fully saturated rings. The van der Waals surface area contributed by atoms with E-state index in [9.17, 15) is 4.79 Å². The Morgan fingerprint density at radius 1 is 1.26 bits per heavy atom. The van der Waals surface area contributed by atoms with Gasteiger partial charge in [-0.15, -0.1) is 0 Å². The molecule has 0 aromatic rings. The summed E-state index contributed by atoms with van der Waals surface area (Å²) in [7, 11) is 0. The van der Waals surface area contributed by atoms with Crippen LogP contribution in [0.15, 0.2) is 0 Å². The van der Waals surface area contributed by atoms with Crippen molar-refractivity contribution in [2.24, 2.45) is 17.1 Å². The molecule has 1 heterocycles. The molecule has 1 aliphatic carbocycles. The predicted molar refractivity (Wildman–Crippen MR) is 73.6 cm³/mol. The molecule has 0 amide bonds. The molecule has 4 heteroatoms. The van der Waals surface area contributed by atoms with E-state index in [0.29, 0.717) is 32.0 Å². The quantitative estimate of drug-likeness (QED) is 0.781. The van der Waals surface area contributed by atoms with Crippen LogP contribution in [0.5, 0.6) is 0 Å². The van der Waals surface area contributed by atoms with E-state index < -0.39 is 5.54 Å². The van der Waals surface area contributed by atoms with Gasteiger partial charge >= 0.3 is 5.97 Å². The maximum absolute atomic E-state index is 12.3. The second kappa shape index (κ2) is 5.41. The minimum atomic E-state index is -0.830. The van der Waals surface area contributed by atoms with Crippen molar-refractivity contribution in [3.63, 3.8) is 0 Å². The fourth-order valence-corrected chi connectivity index (χ4v) is 3.56. The van der Waals surface area contributed by atoms with E-state index in [0.717, 1.165) is 12.8 Å². The van der Waals surface area contributed by atoms with Gasteiger partial charge in [0, 0.05) is 13.2 Å². The third kappa shape index (κ3) is 3.69. The van der Waals surface area contributed by atoms with Gasteiger partial charge < -0.3 is 15.2 Å². The first-order chi connectivity index (χ1) is 8.81. The molecule has 0 aromatic carbocycles. The van der Waals surface area contributed by atoms with E-state index in [1.54, 1.807) is 0 Å². The van der Waals surface area contributed by atoms with Gasteiger partial charge in [-0.05, 0) is 43.4 Å². The zero-order valence-electron chi connectivity index (χ0n) is 12.4. The lowest BCUT2D eigenvalue weighted by Gasteiger charge is -2.40. The van der Waals surface area contributed by atoms with Crippen LogP contribution in [-0.4, -0.2) is 30.8 Å². The summed E-state index contributed by atoms with van der Waals surface area (Å²) >= 11 is 0. The average Bonchev–Trinajstić information content (AvgIpc) is 2.26. The molecule has 1 saturated heterocycles. The molecule has 2 N–H and O–H groups in total. The molecule has 2 rings (SSSR count). The van der Waals surface area contributed by atoms with Crippen LogP contribution in [0, 0.1) is 11.3 Å². The molecule has 2 aliphatic rings. The van der Waals surface area contributed by atoms with Crippen molar-refractivity contribution in [3.8, 4) is 0 Å². The van der Waals surface area contributed by atoms with Gasteiger partial charge in [0.05, 0.1) is 0 Å². The molecule has 2 atom stereocenters. The largest absolute Gasteiger partial charge is 0.461 e. The maximum atomic E-state index is 12.3. The van der Waals surface area contributed by atoms with Crippen LogP contribution in [0.2, 0.25) is 0 Å². The van der Waals surface area contributed by atoms with Crippen molar-refractivity contribution >= 4 is 5.97 Å². The second-order valence-corrected chi connectivity index (χ2v) is 7.21. The molecule has 19 heavy (non-hydrogen) atoms. The standard InChI is InChI=1S/C15H27NO3/c1-11-8-12(10-14(2,3)9-11)19-13(17)15(16)4-6-18-7-5-15/h11-12H,4-10,16H2,1-3H3. The lowest BCUT2D eigenvalue weighted by molar-refractivity contribution is -0.163. The van der Waals surface area contributed by atoms with Crippen LogP contribution in [0.3, 0.4) is 0 Å². The number of nitrogens with two attached hydrogens (primary N) is 1. The molecular weight excluding hydrogens is 242 g/mol. The summed E-state index contributed by atoms with van der Waals surface area (Å²) in [6.07, 6.45) is 4.25. The Balaban J connectivity index is 1.94. The molecule has 0 radical (unpaired) electrons. The van der Waals surface area contributed by atoms with Gasteiger partial charge in [0.2, 0.25) is 0 Å². The number of carbonyl (C=O) groups is 1. The Morgan fingerprint density at radius 2 is 1.89 bits per heavy atom. The van der Waals surface area contributed by atoms with Crippen LogP contribution in [0.1, 0.15) is 52.9 Å². The van der Waals surface area contributed by atoms with Crippen molar-refractivity contribution in [2.45, 2.75) is 64.5 Å². The van der Waals surface area contributed by atoms with Crippen LogP contribution in [0.4, 0.5) is 0 Å². The third-order valence-corrected chi connectivity index (χ3v) is 4.41. The highest BCUT2D eigenvalue weighted by molar-refractivity contribution is 5.80. The highest BCUT2D eigenvalue weighted by Gasteiger charge is 2.41. The van der Waals surface area contributed by atoms with Crippen molar-refractivity contribution < 1.29 is 14.3 Å². The summed E-state index contributed by atoms with van der Waals surface area (Å²) < 4.78 is 11.0. The van der Waals surface area contributed by atoms with Gasteiger partial charge in [0.15, 0.2) is 0 Å². The molecule has 0 bridgehead atoms. The Bertz CT molecular complexity index is 334. The molecular formula is C15H27NO3. The first-order valence-electron chi connectivity index (χ1n) is 7.38. The number of esters is 1. The molecule has 4 nitrogen and oxygen atoms in total. The van der Waals surface area contributed by atoms with Crippen molar-refractivity contribution in [2.75, 3.05) is 13.2 Å². The van der Waals surface area contributed by atoms with Crippen LogP contribution in [0.25, 0.3) is 0 Å². The lowest BCUT2D eigenvalue weighted by Crippen LogP contribution is -2.54. The Kier molecular flexibility index (Phi) is 4.21. The highest BCUT2D eigenvalue weighted by Crippen LogP contribution is 2.40. The summed E-state index contributed by atoms with van der Waals surface area (Å²) in [5.41, 5.74) is 5.59. The number of rotatable bonds is 2. The minimum Gasteiger partial charge on any atom is -0.461 e. The molecule has 1 aliphatic heterocycles. The highest BCUT2D eigenvalue weighted by atomic mass is 16.5. The normalized spacial score (nSPS) is 33.7. The van der Waals surface area contributed by atoms with Gasteiger partial charge in [0.1, 0.15) is 11.6 Å². The fourth-order valence-electron chi connectivity index (χ4n) is 3.56. The zero-order valence-corrected chi connectivity index (χ0v) is 12.4. The Morgan fingerprint density at radius 3 is 2.47 bits per heavy atom. The predicted octanol–water partition coefficient (Wildman–Crippen LogP) is 2.25. The smallest absolute Gasteiger partial charge is 0.326 e. The Labute approximate surface area is 116 Å². The van der Waals surface area contributed by atoms with Gasteiger partial charge in [-0.2, -0.15) is 0 Å². The molecule has 2 unspecified atom stereocenters. The van der Waals surface area contributed by atoms with Gasteiger partial charge in [-0.3, -0.25) is 4.79 Å². The number of hydrogen-bond acceptors (Lipinski definition) is 4. The number of ether oxygens (including phenoxy) is 2. The third-order valence-electron chi connectivity index (χ3n) is 4.41. The first-order valence-corrected chi connectivity index (χ1v) is 7.38. The molecule has 1 saturated carbocycles. The topological polar surface area (TPSA) is 61.5 Å². The second-order valence-electron chi connectivity index (χ2n) is 7.21. The minimum absolute atomic E-state index is 0.0227. The zero-order chi connectivity index (χ0) is 14.1. The van der Waals surface area contributed by atoms with Crippen LogP contribution >= 0.6 is 0 Å². The molecule has 110 valence electrons.